The molecule has 158 valence electrons. The summed E-state index contributed by atoms with van der Waals surface area (Å²) in [5.74, 6) is -0.288. The number of nitrogens with one attached hydrogen (secondary N) is 1. The number of cyclic esters (lactones) is 1. The summed E-state index contributed by atoms with van der Waals surface area (Å²) < 4.78 is 49.6. The van der Waals surface area contributed by atoms with Crippen molar-refractivity contribution in [3.05, 3.63) is 29.3 Å². The number of nitrogens with zero attached hydrogens (tertiary/aromatic N) is 1. The summed E-state index contributed by atoms with van der Waals surface area (Å²) in [5.41, 5.74) is -0.539. The van der Waals surface area contributed by atoms with Crippen molar-refractivity contribution in [1.82, 2.24) is 10.2 Å². The first kappa shape index (κ1) is 19.8. The van der Waals surface area contributed by atoms with Gasteiger partial charge in [0, 0.05) is 19.0 Å². The predicted molar refractivity (Wildman–Crippen MR) is 96.5 cm³/mol. The summed E-state index contributed by atoms with van der Waals surface area (Å²) in [6.07, 6.45) is -2.53. The van der Waals surface area contributed by atoms with Gasteiger partial charge in [-0.15, -0.1) is 0 Å². The molecule has 1 aromatic rings. The lowest BCUT2D eigenvalue weighted by molar-refractivity contribution is -0.142. The number of piperidine rings is 1. The van der Waals surface area contributed by atoms with Gasteiger partial charge in [-0.05, 0) is 49.3 Å². The molecule has 2 aliphatic heterocycles. The number of hydrogen-bond acceptors (Lipinski definition) is 4. The molecule has 2 amide bonds. The summed E-state index contributed by atoms with van der Waals surface area (Å²) in [6, 6.07) is 4.20. The molecule has 2 saturated heterocycles. The first-order chi connectivity index (χ1) is 13.7. The van der Waals surface area contributed by atoms with Crippen molar-refractivity contribution in [3.63, 3.8) is 0 Å². The van der Waals surface area contributed by atoms with Crippen molar-refractivity contribution >= 4 is 12.0 Å². The monoisotopic (exact) mass is 412 g/mol. The zero-order chi connectivity index (χ0) is 20.8. The zero-order valence-electron chi connectivity index (χ0n) is 16.1. The van der Waals surface area contributed by atoms with Crippen LogP contribution in [0.25, 0.3) is 0 Å². The van der Waals surface area contributed by atoms with E-state index >= 15 is 0 Å². The van der Waals surface area contributed by atoms with E-state index in [2.05, 4.69) is 5.32 Å². The maximum absolute atomic E-state index is 13.3. The Hall–Kier alpha value is -2.45. The van der Waals surface area contributed by atoms with Crippen molar-refractivity contribution in [2.45, 2.75) is 43.3 Å². The van der Waals surface area contributed by atoms with E-state index in [4.69, 9.17) is 9.47 Å². The van der Waals surface area contributed by atoms with Gasteiger partial charge in [-0.2, -0.15) is 13.2 Å². The average Bonchev–Trinajstić information content (AvgIpc) is 3.07. The number of benzene rings is 1. The highest BCUT2D eigenvalue weighted by atomic mass is 19.4. The van der Waals surface area contributed by atoms with Gasteiger partial charge in [-0.3, -0.25) is 4.79 Å². The van der Waals surface area contributed by atoms with Crippen LogP contribution in [-0.2, 0) is 15.7 Å². The number of methoxy groups -OCH3 is 1. The van der Waals surface area contributed by atoms with E-state index in [1.54, 1.807) is 11.0 Å². The van der Waals surface area contributed by atoms with Crippen LogP contribution < -0.4 is 10.1 Å². The maximum atomic E-state index is 13.3. The minimum atomic E-state index is -4.47. The molecule has 0 aromatic heterocycles. The molecule has 1 saturated carbocycles. The summed E-state index contributed by atoms with van der Waals surface area (Å²) in [6.45, 7) is 1.34. The minimum Gasteiger partial charge on any atom is -0.496 e. The first-order valence-electron chi connectivity index (χ1n) is 9.70. The molecule has 1 aromatic carbocycles. The molecule has 0 radical (unpaired) electrons. The number of alkyl carbamates (subject to hydrolysis) is 1. The Morgan fingerprint density at radius 2 is 1.97 bits per heavy atom. The maximum Gasteiger partial charge on any atom is 0.419 e. The molecular formula is C20H23F3N2O4. The van der Waals surface area contributed by atoms with Gasteiger partial charge in [-0.25, -0.2) is 4.79 Å². The van der Waals surface area contributed by atoms with Crippen LogP contribution in [0.1, 0.15) is 42.7 Å². The van der Waals surface area contributed by atoms with E-state index in [-0.39, 0.29) is 23.5 Å². The van der Waals surface area contributed by atoms with Gasteiger partial charge in [0.2, 0.25) is 5.91 Å². The van der Waals surface area contributed by atoms with Crippen LogP contribution in [-0.4, -0.2) is 49.2 Å². The molecule has 9 heteroatoms. The molecule has 29 heavy (non-hydrogen) atoms. The zero-order valence-corrected chi connectivity index (χ0v) is 16.1. The van der Waals surface area contributed by atoms with Crippen LogP contribution in [0, 0.1) is 5.92 Å². The normalized spacial score (nSPS) is 27.4. The smallest absolute Gasteiger partial charge is 0.419 e. The number of rotatable bonds is 3. The van der Waals surface area contributed by atoms with Crippen molar-refractivity contribution in [1.29, 1.82) is 0 Å². The van der Waals surface area contributed by atoms with Gasteiger partial charge in [0.1, 0.15) is 12.4 Å². The lowest BCUT2D eigenvalue weighted by Gasteiger charge is -2.45. The van der Waals surface area contributed by atoms with Crippen LogP contribution in [0.2, 0.25) is 0 Å². The van der Waals surface area contributed by atoms with Gasteiger partial charge in [0.15, 0.2) is 0 Å². The quantitative estimate of drug-likeness (QED) is 0.827. The highest BCUT2D eigenvalue weighted by Crippen LogP contribution is 2.43. The summed E-state index contributed by atoms with van der Waals surface area (Å²) in [5, 5.41) is 2.78. The SMILES string of the molecule is COc1ccc(C2CCN(C(=O)[C@H]3C[C@]4(COC(=O)N4)C3)CC2)cc1C(F)(F)F. The Kier molecular flexibility index (Phi) is 4.86. The van der Waals surface area contributed by atoms with Crippen LogP contribution in [0.3, 0.4) is 0 Å². The van der Waals surface area contributed by atoms with Crippen molar-refractivity contribution in [2.75, 3.05) is 26.8 Å². The molecule has 0 bridgehead atoms. The molecule has 1 aliphatic carbocycles. The Labute approximate surface area is 166 Å². The molecular weight excluding hydrogens is 389 g/mol. The van der Waals surface area contributed by atoms with Crippen LogP contribution in [0.5, 0.6) is 5.75 Å². The summed E-state index contributed by atoms with van der Waals surface area (Å²) >= 11 is 0. The van der Waals surface area contributed by atoms with Gasteiger partial charge in [0.05, 0.1) is 18.2 Å². The fourth-order valence-corrected chi connectivity index (χ4v) is 4.66. The number of amides is 2. The van der Waals surface area contributed by atoms with Crippen molar-refractivity contribution in [3.8, 4) is 5.75 Å². The summed E-state index contributed by atoms with van der Waals surface area (Å²) in [7, 11) is 1.22. The second kappa shape index (κ2) is 7.11. The third kappa shape index (κ3) is 3.74. The van der Waals surface area contributed by atoms with Gasteiger partial charge in [-0.1, -0.05) is 6.07 Å². The van der Waals surface area contributed by atoms with Crippen molar-refractivity contribution in [2.24, 2.45) is 5.92 Å². The van der Waals surface area contributed by atoms with Crippen LogP contribution in [0.15, 0.2) is 18.2 Å². The number of ether oxygens (including phenoxy) is 2. The number of alkyl halides is 3. The molecule has 1 spiro atoms. The van der Waals surface area contributed by atoms with E-state index in [0.29, 0.717) is 50.9 Å². The predicted octanol–water partition coefficient (Wildman–Crippen LogP) is 3.31. The Morgan fingerprint density at radius 1 is 1.28 bits per heavy atom. The van der Waals surface area contributed by atoms with Crippen molar-refractivity contribution < 1.29 is 32.2 Å². The van der Waals surface area contributed by atoms with E-state index in [1.165, 1.54) is 19.2 Å². The Morgan fingerprint density at radius 3 is 2.52 bits per heavy atom. The fourth-order valence-electron chi connectivity index (χ4n) is 4.66. The lowest BCUT2D eigenvalue weighted by atomic mass is 9.68. The standard InChI is InChI=1S/C20H23F3N2O4/c1-28-16-3-2-13(8-15(16)20(21,22)23)12-4-6-25(7-5-12)17(26)14-9-19(10-14)11-29-18(27)24-19/h2-3,8,12,14H,4-7,9-11H2,1H3,(H,24,27)/t14-,19+. The van der Waals surface area contributed by atoms with Gasteiger partial charge >= 0.3 is 12.3 Å². The fraction of sp³-hybridized carbons (Fsp3) is 0.600. The summed E-state index contributed by atoms with van der Waals surface area (Å²) in [4.78, 5) is 25.7. The average molecular weight is 412 g/mol. The lowest BCUT2D eigenvalue weighted by Crippen LogP contribution is -2.58. The Bertz CT molecular complexity index is 812. The van der Waals surface area contributed by atoms with Crippen LogP contribution in [0.4, 0.5) is 18.0 Å². The van der Waals surface area contributed by atoms with E-state index in [0.717, 1.165) is 0 Å². The Balaban J connectivity index is 1.35. The molecule has 2 heterocycles. The number of likely N-dealkylation sites (tertiary alicyclic amines) is 1. The topological polar surface area (TPSA) is 67.9 Å². The largest absolute Gasteiger partial charge is 0.496 e. The molecule has 0 unspecified atom stereocenters. The molecule has 3 aliphatic rings. The second-order valence-corrected chi connectivity index (χ2v) is 8.14. The van der Waals surface area contributed by atoms with Gasteiger partial charge in [0.25, 0.3) is 0 Å². The molecule has 3 fully saturated rings. The molecule has 1 N–H and O–H groups in total. The highest BCUT2D eigenvalue weighted by Gasteiger charge is 2.53. The number of halogens is 3. The van der Waals surface area contributed by atoms with Gasteiger partial charge < -0.3 is 19.7 Å². The van der Waals surface area contributed by atoms with Crippen LogP contribution >= 0.6 is 0 Å². The van der Waals surface area contributed by atoms with E-state index in [9.17, 15) is 22.8 Å². The molecule has 0 atom stereocenters. The third-order valence-corrected chi connectivity index (χ3v) is 6.28. The number of carbonyl (C=O) groups excluding carboxylic acids is 2. The molecule has 6 nitrogen and oxygen atoms in total. The first-order valence-corrected chi connectivity index (χ1v) is 9.70. The van der Waals surface area contributed by atoms with E-state index in [1.807, 2.05) is 0 Å². The second-order valence-electron chi connectivity index (χ2n) is 8.14. The minimum absolute atomic E-state index is 0.0266. The number of carbonyl (C=O) groups is 2. The highest BCUT2D eigenvalue weighted by molar-refractivity contribution is 5.81. The third-order valence-electron chi connectivity index (χ3n) is 6.28. The number of hydrogen-bond donors (Lipinski definition) is 1. The van der Waals surface area contributed by atoms with E-state index < -0.39 is 23.4 Å². The molecule has 4 rings (SSSR count).